The van der Waals surface area contributed by atoms with Crippen LogP contribution < -0.4 is 11.2 Å². The molecule has 3 aliphatic heterocycles. The van der Waals surface area contributed by atoms with E-state index >= 15 is 0 Å². The highest BCUT2D eigenvalue weighted by molar-refractivity contribution is 6.05. The zero-order valence-electron chi connectivity index (χ0n) is 19.1. The minimum atomic E-state index is -0.212. The quantitative estimate of drug-likeness (QED) is 0.512. The van der Waals surface area contributed by atoms with Crippen molar-refractivity contribution in [2.24, 2.45) is 15.8 Å². The second-order valence-corrected chi connectivity index (χ2v) is 8.43. The number of hydrogen-bond acceptors (Lipinski definition) is 7. The minimum Gasteiger partial charge on any atom is -0.378 e. The number of rotatable bonds is 6. The number of fused-ring (bicyclic) bond motifs is 1. The number of carbonyl (C=O) groups excluding carboxylic acids is 1. The first-order valence-electron chi connectivity index (χ1n) is 11.5. The van der Waals surface area contributed by atoms with Gasteiger partial charge in [-0.1, -0.05) is 13.3 Å². The summed E-state index contributed by atoms with van der Waals surface area (Å²) < 4.78 is 5.43. The van der Waals surface area contributed by atoms with Crippen molar-refractivity contribution in [1.29, 1.82) is 0 Å². The molecular formula is C25H28N7O2+. The van der Waals surface area contributed by atoms with E-state index in [0.717, 1.165) is 48.6 Å². The van der Waals surface area contributed by atoms with Crippen molar-refractivity contribution in [1.82, 2.24) is 9.88 Å². The van der Waals surface area contributed by atoms with E-state index in [1.165, 1.54) is 0 Å². The number of nitrogens with zero attached hydrogens (tertiary/aromatic N) is 5. The summed E-state index contributed by atoms with van der Waals surface area (Å²) in [5.41, 5.74) is 3.34. The lowest BCUT2D eigenvalue weighted by Crippen LogP contribution is -2.53. The van der Waals surface area contributed by atoms with Crippen LogP contribution in [0.5, 0.6) is 0 Å². The van der Waals surface area contributed by atoms with Crippen LogP contribution in [0.3, 0.4) is 0 Å². The van der Waals surface area contributed by atoms with Crippen molar-refractivity contribution in [3.05, 3.63) is 83.2 Å². The Labute approximate surface area is 198 Å². The predicted octanol–water partition coefficient (Wildman–Crippen LogP) is 2.79. The molecule has 9 heteroatoms. The Balaban J connectivity index is 1.37. The highest BCUT2D eigenvalue weighted by atomic mass is 16.5. The molecule has 34 heavy (non-hydrogen) atoms. The summed E-state index contributed by atoms with van der Waals surface area (Å²) >= 11 is 0. The molecule has 174 valence electrons. The fraction of sp³-hybridized carbons (Fsp3) is 0.280. The molecule has 1 aromatic carbocycles. The molecule has 5 rings (SSSR count). The third-order valence-electron chi connectivity index (χ3n) is 6.10. The number of anilines is 1. The first kappa shape index (κ1) is 22.1. The highest BCUT2D eigenvalue weighted by Gasteiger charge is 2.45. The lowest BCUT2D eigenvalue weighted by atomic mass is 10.1. The summed E-state index contributed by atoms with van der Waals surface area (Å²) in [5.74, 6) is 8.63. The van der Waals surface area contributed by atoms with Crippen LogP contribution in [0.2, 0.25) is 0 Å². The Bertz CT molecular complexity index is 1210. The maximum Gasteiger partial charge on any atom is 0.266 e. The number of morpholine rings is 1. The number of aliphatic imine (C=N–C) groups is 2. The predicted molar refractivity (Wildman–Crippen MR) is 131 cm³/mol. The molecule has 3 N–H and O–H groups in total. The van der Waals surface area contributed by atoms with E-state index in [1.807, 2.05) is 30.5 Å². The Morgan fingerprint density at radius 1 is 1.21 bits per heavy atom. The van der Waals surface area contributed by atoms with Crippen molar-refractivity contribution in [3.8, 4) is 0 Å². The smallest absolute Gasteiger partial charge is 0.266 e. The van der Waals surface area contributed by atoms with Gasteiger partial charge in [0.1, 0.15) is 12.0 Å². The topological polar surface area (TPSA) is 105 Å². The van der Waals surface area contributed by atoms with Crippen LogP contribution in [-0.4, -0.2) is 58.7 Å². The van der Waals surface area contributed by atoms with Crippen LogP contribution in [0.15, 0.2) is 76.5 Å². The molecule has 9 nitrogen and oxygen atoms in total. The fourth-order valence-corrected chi connectivity index (χ4v) is 4.31. The van der Waals surface area contributed by atoms with E-state index in [9.17, 15) is 4.79 Å². The molecular weight excluding hydrogens is 430 g/mol. The molecule has 1 atom stereocenters. The van der Waals surface area contributed by atoms with Crippen LogP contribution >= 0.6 is 0 Å². The number of hydrogen-bond donors (Lipinski definition) is 2. The van der Waals surface area contributed by atoms with Gasteiger partial charge in [0.15, 0.2) is 0 Å². The number of benzene rings is 1. The number of carbonyl (C=O) groups is 1. The number of aryl methyl sites for hydroxylation is 1. The molecule has 1 fully saturated rings. The van der Waals surface area contributed by atoms with E-state index in [0.29, 0.717) is 30.4 Å². The number of nitrogens with two attached hydrogens (primary N) is 1. The zero-order valence-corrected chi connectivity index (χ0v) is 19.1. The van der Waals surface area contributed by atoms with Gasteiger partial charge in [-0.3, -0.25) is 9.79 Å². The summed E-state index contributed by atoms with van der Waals surface area (Å²) in [5, 5.41) is 2.88. The monoisotopic (exact) mass is 458 g/mol. The highest BCUT2D eigenvalue weighted by Crippen LogP contribution is 2.32. The van der Waals surface area contributed by atoms with Gasteiger partial charge in [0.05, 0.1) is 31.2 Å². The van der Waals surface area contributed by atoms with Gasteiger partial charge in [-0.25, -0.2) is 4.98 Å². The van der Waals surface area contributed by atoms with E-state index in [-0.39, 0.29) is 10.5 Å². The van der Waals surface area contributed by atoms with Gasteiger partial charge in [0.25, 0.3) is 11.7 Å². The van der Waals surface area contributed by atoms with Gasteiger partial charge >= 0.3 is 0 Å². The number of amidine groups is 1. The molecule has 0 saturated carbocycles. The summed E-state index contributed by atoms with van der Waals surface area (Å²) in [7, 11) is 0. The zero-order chi connectivity index (χ0) is 23.5. The number of pyridine rings is 1. The third-order valence-corrected chi connectivity index (χ3v) is 6.10. The van der Waals surface area contributed by atoms with E-state index in [2.05, 4.69) is 27.1 Å². The lowest BCUT2D eigenvalue weighted by molar-refractivity contribution is -0.750. The number of allylic oxidation sites excluding steroid dienone is 1. The van der Waals surface area contributed by atoms with Crippen molar-refractivity contribution in [2.45, 2.75) is 19.8 Å². The van der Waals surface area contributed by atoms with Crippen LogP contribution in [0, 0.1) is 0 Å². The SMILES string of the molecule is CCCc1ccnc(NC(=O)c2ccc(C3=NC(N4CCOCC4)=C4C=NC=C[N+]34N)cc2)c1. The van der Waals surface area contributed by atoms with Gasteiger partial charge in [0.2, 0.25) is 11.5 Å². The standard InChI is InChI=1S/C25H27N7O2/c1-2-3-18-8-9-28-22(16-18)29-25(33)20-6-4-19(5-7-20)24-30-23(31-11-14-34-15-12-31)21-17-27-10-13-32(21,24)26/h4-10,13,16-17H,2-3,11-12,14-15,26H2,1H3/p+1. The number of aromatic nitrogens is 1. The number of ether oxygens (including phenoxy) is 1. The van der Waals surface area contributed by atoms with Gasteiger partial charge in [-0.2, -0.15) is 10.8 Å². The van der Waals surface area contributed by atoms with E-state index in [1.54, 1.807) is 30.7 Å². The van der Waals surface area contributed by atoms with Gasteiger partial charge in [0, 0.05) is 24.8 Å². The largest absolute Gasteiger partial charge is 0.378 e. The van der Waals surface area contributed by atoms with E-state index < -0.39 is 0 Å². The Hall–Kier alpha value is -3.66. The molecule has 0 bridgehead atoms. The molecule has 1 aromatic heterocycles. The first-order valence-corrected chi connectivity index (χ1v) is 11.5. The average molecular weight is 459 g/mol. The average Bonchev–Trinajstić information content (AvgIpc) is 3.18. The van der Waals surface area contributed by atoms with Crippen molar-refractivity contribution in [3.63, 3.8) is 0 Å². The summed E-state index contributed by atoms with van der Waals surface area (Å²) in [6.45, 7) is 4.93. The third kappa shape index (κ3) is 4.16. The maximum atomic E-state index is 12.8. The second-order valence-electron chi connectivity index (χ2n) is 8.43. The van der Waals surface area contributed by atoms with Crippen molar-refractivity contribution >= 4 is 23.8 Å². The molecule has 1 saturated heterocycles. The molecule has 0 aliphatic carbocycles. The van der Waals surface area contributed by atoms with Crippen LogP contribution in [0.25, 0.3) is 0 Å². The summed E-state index contributed by atoms with van der Waals surface area (Å²) in [6.07, 6.45) is 8.97. The molecule has 1 amide bonds. The number of amides is 1. The van der Waals surface area contributed by atoms with Crippen LogP contribution in [0.1, 0.15) is 34.8 Å². The molecule has 1 unspecified atom stereocenters. The van der Waals surface area contributed by atoms with Crippen molar-refractivity contribution in [2.75, 3.05) is 31.6 Å². The molecule has 4 heterocycles. The maximum absolute atomic E-state index is 12.8. The Morgan fingerprint density at radius 2 is 2.00 bits per heavy atom. The molecule has 3 aliphatic rings. The van der Waals surface area contributed by atoms with Crippen LogP contribution in [0.4, 0.5) is 5.82 Å². The summed E-state index contributed by atoms with van der Waals surface area (Å²) in [6, 6.07) is 11.2. The van der Waals surface area contributed by atoms with Crippen LogP contribution in [-0.2, 0) is 11.2 Å². The fourth-order valence-electron chi connectivity index (χ4n) is 4.31. The van der Waals surface area contributed by atoms with Gasteiger partial charge < -0.3 is 15.0 Å². The van der Waals surface area contributed by atoms with Gasteiger partial charge in [-0.05, 0) is 48.4 Å². The second kappa shape index (κ2) is 9.30. The van der Waals surface area contributed by atoms with Gasteiger partial charge in [-0.15, -0.1) is 4.59 Å². The number of nitrogens with one attached hydrogen (secondary N) is 1. The normalized spacial score (nSPS) is 21.5. The van der Waals surface area contributed by atoms with E-state index in [4.69, 9.17) is 15.6 Å². The van der Waals surface area contributed by atoms with Crippen molar-refractivity contribution < 1.29 is 14.1 Å². The minimum absolute atomic E-state index is 0.0596. The number of quaternary nitrogens is 1. The molecule has 0 spiro atoms. The lowest BCUT2D eigenvalue weighted by Gasteiger charge is -2.29. The summed E-state index contributed by atoms with van der Waals surface area (Å²) in [4.78, 5) is 28.5. The molecule has 0 radical (unpaired) electrons. The Kier molecular flexibility index (Phi) is 6.06. The molecule has 2 aromatic rings. The Morgan fingerprint density at radius 3 is 2.76 bits per heavy atom. The first-order chi connectivity index (χ1) is 16.6.